The predicted molar refractivity (Wildman–Crippen MR) is 62.4 cm³/mol. The van der Waals surface area contributed by atoms with E-state index in [4.69, 9.17) is 9.84 Å². The van der Waals surface area contributed by atoms with Crippen LogP contribution in [0, 0.1) is 0 Å². The molecule has 2 N–H and O–H groups in total. The quantitative estimate of drug-likeness (QED) is 0.774. The highest BCUT2D eigenvalue weighted by Gasteiger charge is 2.18. The molecule has 0 bridgehead atoms. The maximum absolute atomic E-state index is 11.5. The molecule has 0 aliphatic heterocycles. The number of alkyl carbamates (subject to hydrolysis) is 1. The molecule has 5 heteroatoms. The van der Waals surface area contributed by atoms with Crippen LogP contribution in [0.15, 0.2) is 23.4 Å². The third-order valence-corrected chi connectivity index (χ3v) is 2.03. The Morgan fingerprint density at radius 1 is 1.41 bits per heavy atom. The minimum absolute atomic E-state index is 0.290. The van der Waals surface area contributed by atoms with Crippen LogP contribution in [0.25, 0.3) is 0 Å². The van der Waals surface area contributed by atoms with Crippen LogP contribution >= 0.6 is 0 Å². The molecular formula is C12H17NO4. The summed E-state index contributed by atoms with van der Waals surface area (Å²) in [4.78, 5) is 22.2. The van der Waals surface area contributed by atoms with Gasteiger partial charge in [-0.1, -0.05) is 6.08 Å². The Labute approximate surface area is 100 Å². The maximum Gasteiger partial charge on any atom is 0.412 e. The van der Waals surface area contributed by atoms with Gasteiger partial charge in [-0.3, -0.25) is 5.32 Å². The van der Waals surface area contributed by atoms with Crippen molar-refractivity contribution in [3.63, 3.8) is 0 Å². The van der Waals surface area contributed by atoms with Gasteiger partial charge in [-0.25, -0.2) is 9.59 Å². The molecule has 0 atom stereocenters. The van der Waals surface area contributed by atoms with Gasteiger partial charge in [-0.2, -0.15) is 0 Å². The van der Waals surface area contributed by atoms with E-state index in [1.54, 1.807) is 26.8 Å². The Balaban J connectivity index is 2.61. The van der Waals surface area contributed by atoms with Gasteiger partial charge in [0.25, 0.3) is 0 Å². The number of carboxylic acids is 1. The van der Waals surface area contributed by atoms with Crippen LogP contribution in [0.4, 0.5) is 4.79 Å². The van der Waals surface area contributed by atoms with Gasteiger partial charge < -0.3 is 9.84 Å². The molecule has 0 aromatic rings. The average molecular weight is 239 g/mol. The molecule has 1 rings (SSSR count). The van der Waals surface area contributed by atoms with Gasteiger partial charge in [0.15, 0.2) is 0 Å². The van der Waals surface area contributed by atoms with E-state index >= 15 is 0 Å². The number of aliphatic carboxylic acids is 1. The summed E-state index contributed by atoms with van der Waals surface area (Å²) in [6.45, 7) is 5.29. The van der Waals surface area contributed by atoms with E-state index in [0.29, 0.717) is 24.1 Å². The van der Waals surface area contributed by atoms with Gasteiger partial charge in [0.2, 0.25) is 0 Å². The second kappa shape index (κ2) is 5.03. The van der Waals surface area contributed by atoms with Gasteiger partial charge in [-0.15, -0.1) is 0 Å². The third kappa shape index (κ3) is 4.72. The molecule has 5 nitrogen and oxygen atoms in total. The number of carbonyl (C=O) groups excluding carboxylic acids is 1. The Hall–Kier alpha value is -1.78. The SMILES string of the molecule is CC(C)(C)OC(=O)NC1=CCCC(C(=O)O)=C1. The number of ether oxygens (including phenoxy) is 1. The molecule has 0 aromatic carbocycles. The molecule has 1 amide bonds. The summed E-state index contributed by atoms with van der Waals surface area (Å²) in [5.41, 5.74) is 0.194. The molecule has 0 spiro atoms. The summed E-state index contributed by atoms with van der Waals surface area (Å²) in [6.07, 6.45) is 3.73. The molecule has 1 aliphatic carbocycles. The standard InChI is InChI=1S/C12H17NO4/c1-12(2,3)17-11(16)13-9-6-4-5-8(7-9)10(14)15/h6-7H,4-5H2,1-3H3,(H,13,16)(H,14,15). The molecular weight excluding hydrogens is 222 g/mol. The summed E-state index contributed by atoms with van der Waals surface area (Å²) >= 11 is 0. The van der Waals surface area contributed by atoms with Gasteiger partial charge in [0, 0.05) is 11.3 Å². The van der Waals surface area contributed by atoms with Gasteiger partial charge in [-0.05, 0) is 39.7 Å². The second-order valence-corrected chi connectivity index (χ2v) is 4.80. The monoisotopic (exact) mass is 239 g/mol. The van der Waals surface area contributed by atoms with Crippen molar-refractivity contribution in [3.8, 4) is 0 Å². The molecule has 0 aromatic heterocycles. The first-order valence-electron chi connectivity index (χ1n) is 5.42. The minimum atomic E-state index is -0.957. The van der Waals surface area contributed by atoms with Crippen LogP contribution < -0.4 is 5.32 Å². The summed E-state index contributed by atoms with van der Waals surface area (Å²) in [5.74, 6) is -0.957. The van der Waals surface area contributed by atoms with E-state index in [0.717, 1.165) is 0 Å². The highest BCUT2D eigenvalue weighted by Crippen LogP contribution is 2.16. The molecule has 0 unspecified atom stereocenters. The van der Waals surface area contributed by atoms with Crippen molar-refractivity contribution >= 4 is 12.1 Å². The third-order valence-electron chi connectivity index (χ3n) is 2.03. The fourth-order valence-corrected chi connectivity index (χ4v) is 1.38. The number of carbonyl (C=O) groups is 2. The van der Waals surface area contributed by atoms with E-state index in [1.807, 2.05) is 0 Å². The van der Waals surface area contributed by atoms with Crippen molar-refractivity contribution < 1.29 is 19.4 Å². The van der Waals surface area contributed by atoms with E-state index < -0.39 is 17.7 Å². The summed E-state index contributed by atoms with van der Waals surface area (Å²) in [5, 5.41) is 11.4. The van der Waals surface area contributed by atoms with Gasteiger partial charge >= 0.3 is 12.1 Å². The number of hydrogen-bond acceptors (Lipinski definition) is 3. The van der Waals surface area contributed by atoms with Crippen molar-refractivity contribution in [1.29, 1.82) is 0 Å². The van der Waals surface area contributed by atoms with Crippen LogP contribution in [0.2, 0.25) is 0 Å². The first-order valence-corrected chi connectivity index (χ1v) is 5.42. The zero-order valence-corrected chi connectivity index (χ0v) is 10.2. The largest absolute Gasteiger partial charge is 0.478 e. The number of carboxylic acid groups (broad SMARTS) is 1. The zero-order valence-electron chi connectivity index (χ0n) is 10.2. The lowest BCUT2D eigenvalue weighted by atomic mass is 10.0. The molecule has 0 saturated carbocycles. The molecule has 94 valence electrons. The average Bonchev–Trinajstić information content (AvgIpc) is 2.14. The molecule has 1 aliphatic rings. The zero-order chi connectivity index (χ0) is 13.1. The lowest BCUT2D eigenvalue weighted by Gasteiger charge is -2.20. The Kier molecular flexibility index (Phi) is 3.93. The Bertz CT molecular complexity index is 388. The first-order chi connectivity index (χ1) is 7.78. The fraction of sp³-hybridized carbons (Fsp3) is 0.500. The van der Waals surface area contributed by atoms with E-state index in [-0.39, 0.29) is 0 Å². The summed E-state index contributed by atoms with van der Waals surface area (Å²) in [7, 11) is 0. The summed E-state index contributed by atoms with van der Waals surface area (Å²) in [6, 6.07) is 0. The van der Waals surface area contributed by atoms with E-state index in [9.17, 15) is 9.59 Å². The number of allylic oxidation sites excluding steroid dienone is 2. The van der Waals surface area contributed by atoms with Gasteiger partial charge in [0.1, 0.15) is 5.60 Å². The van der Waals surface area contributed by atoms with Crippen molar-refractivity contribution in [1.82, 2.24) is 5.32 Å². The number of rotatable bonds is 2. The van der Waals surface area contributed by atoms with E-state index in [2.05, 4.69) is 5.32 Å². The first kappa shape index (κ1) is 13.3. The highest BCUT2D eigenvalue weighted by molar-refractivity contribution is 5.88. The number of nitrogens with one attached hydrogen (secondary N) is 1. The number of amides is 1. The number of hydrogen-bond donors (Lipinski definition) is 2. The fourth-order valence-electron chi connectivity index (χ4n) is 1.38. The van der Waals surface area contributed by atoms with Gasteiger partial charge in [0.05, 0.1) is 0 Å². The normalized spacial score (nSPS) is 15.7. The van der Waals surface area contributed by atoms with Crippen LogP contribution in [-0.2, 0) is 9.53 Å². The topological polar surface area (TPSA) is 75.6 Å². The Morgan fingerprint density at radius 3 is 2.59 bits per heavy atom. The van der Waals surface area contributed by atoms with Crippen LogP contribution in [0.1, 0.15) is 33.6 Å². The van der Waals surface area contributed by atoms with Crippen molar-refractivity contribution in [2.45, 2.75) is 39.2 Å². The van der Waals surface area contributed by atoms with Crippen LogP contribution in [0.3, 0.4) is 0 Å². The second-order valence-electron chi connectivity index (χ2n) is 4.80. The molecule has 0 saturated heterocycles. The lowest BCUT2D eigenvalue weighted by molar-refractivity contribution is -0.132. The maximum atomic E-state index is 11.5. The predicted octanol–water partition coefficient (Wildman–Crippen LogP) is 2.20. The molecule has 0 fully saturated rings. The van der Waals surface area contributed by atoms with Crippen molar-refractivity contribution in [2.75, 3.05) is 0 Å². The molecule has 0 radical (unpaired) electrons. The smallest absolute Gasteiger partial charge is 0.412 e. The lowest BCUT2D eigenvalue weighted by Crippen LogP contribution is -2.32. The highest BCUT2D eigenvalue weighted by atomic mass is 16.6. The molecule has 0 heterocycles. The van der Waals surface area contributed by atoms with Crippen LogP contribution in [-0.4, -0.2) is 22.8 Å². The Morgan fingerprint density at radius 2 is 2.06 bits per heavy atom. The van der Waals surface area contributed by atoms with Crippen molar-refractivity contribution in [2.24, 2.45) is 0 Å². The minimum Gasteiger partial charge on any atom is -0.478 e. The molecule has 17 heavy (non-hydrogen) atoms. The van der Waals surface area contributed by atoms with E-state index in [1.165, 1.54) is 6.08 Å². The summed E-state index contributed by atoms with van der Waals surface area (Å²) < 4.78 is 5.07. The van der Waals surface area contributed by atoms with Crippen LogP contribution in [0.5, 0.6) is 0 Å². The van der Waals surface area contributed by atoms with Crippen molar-refractivity contribution in [3.05, 3.63) is 23.4 Å².